The van der Waals surface area contributed by atoms with E-state index >= 15 is 0 Å². The number of nitrogens with zero attached hydrogens (tertiary/aromatic N) is 1. The highest BCUT2D eigenvalue weighted by Crippen LogP contribution is 2.20. The van der Waals surface area contributed by atoms with Crippen molar-refractivity contribution < 1.29 is 14.6 Å². The quantitative estimate of drug-likeness (QED) is 0.705. The van der Waals surface area contributed by atoms with Gasteiger partial charge >= 0.3 is 0 Å². The Balaban J connectivity index is 2.50. The number of likely N-dealkylation sites (N-methyl/N-ethyl adjacent to an activating group) is 1. The van der Waals surface area contributed by atoms with Gasteiger partial charge in [0, 0.05) is 26.4 Å². The number of aliphatic hydroxyl groups is 1. The Kier molecular flexibility index (Phi) is 7.04. The van der Waals surface area contributed by atoms with Gasteiger partial charge < -0.3 is 20.1 Å². The van der Waals surface area contributed by atoms with Gasteiger partial charge in [-0.1, -0.05) is 19.1 Å². The van der Waals surface area contributed by atoms with Crippen LogP contribution in [0, 0.1) is 0 Å². The topological polar surface area (TPSA) is 61.8 Å². The van der Waals surface area contributed by atoms with E-state index in [9.17, 15) is 9.90 Å². The van der Waals surface area contributed by atoms with Crippen LogP contribution in [0.25, 0.3) is 0 Å². The monoisotopic (exact) mass is 280 g/mol. The summed E-state index contributed by atoms with van der Waals surface area (Å²) in [4.78, 5) is 13.5. The lowest BCUT2D eigenvalue weighted by Gasteiger charge is -2.19. The predicted molar refractivity (Wildman–Crippen MR) is 79.8 cm³/mol. The fourth-order valence-corrected chi connectivity index (χ4v) is 1.84. The molecule has 0 heterocycles. The molecule has 5 heteroatoms. The zero-order valence-corrected chi connectivity index (χ0v) is 12.4. The summed E-state index contributed by atoms with van der Waals surface area (Å²) in [6.45, 7) is 3.26. The minimum absolute atomic E-state index is 0.0396. The molecule has 5 nitrogen and oxygen atoms in total. The number of carbonyl (C=O) groups excluding carboxylic acids is 1. The summed E-state index contributed by atoms with van der Waals surface area (Å²) in [5.74, 6) is -0.0396. The van der Waals surface area contributed by atoms with Gasteiger partial charge in [-0.2, -0.15) is 0 Å². The van der Waals surface area contributed by atoms with Gasteiger partial charge in [0.15, 0.2) is 0 Å². The highest BCUT2D eigenvalue weighted by atomic mass is 16.5. The van der Waals surface area contributed by atoms with Crippen molar-refractivity contribution in [2.45, 2.75) is 19.4 Å². The van der Waals surface area contributed by atoms with E-state index in [1.807, 2.05) is 43.1 Å². The Labute approximate surface area is 120 Å². The third kappa shape index (κ3) is 5.19. The maximum atomic E-state index is 11.7. The number of hydrogen-bond donors (Lipinski definition) is 2. The zero-order valence-electron chi connectivity index (χ0n) is 12.4. The molecule has 0 saturated heterocycles. The van der Waals surface area contributed by atoms with Gasteiger partial charge in [0.25, 0.3) is 0 Å². The molecule has 1 atom stereocenters. The summed E-state index contributed by atoms with van der Waals surface area (Å²) in [6.07, 6.45) is 0.267. The molecule has 0 fully saturated rings. The fraction of sp³-hybridized carbons (Fsp3) is 0.533. The van der Waals surface area contributed by atoms with Crippen LogP contribution < -0.4 is 10.2 Å². The largest absolute Gasteiger partial charge is 0.388 e. The Bertz CT molecular complexity index is 406. The second-order valence-electron chi connectivity index (χ2n) is 4.71. The average Bonchev–Trinajstić information content (AvgIpc) is 2.46. The molecule has 0 saturated carbocycles. The minimum atomic E-state index is -0.424. The van der Waals surface area contributed by atoms with Crippen molar-refractivity contribution in [1.29, 1.82) is 0 Å². The van der Waals surface area contributed by atoms with Crippen LogP contribution >= 0.6 is 0 Å². The van der Waals surface area contributed by atoms with Crippen LogP contribution in [0.1, 0.15) is 25.0 Å². The third-order valence-corrected chi connectivity index (χ3v) is 3.11. The number of nitrogens with one attached hydrogen (secondary N) is 1. The molecule has 112 valence electrons. The molecule has 1 unspecified atom stereocenters. The lowest BCUT2D eigenvalue weighted by Crippen LogP contribution is -2.36. The number of anilines is 1. The Morgan fingerprint density at radius 1 is 1.40 bits per heavy atom. The van der Waals surface area contributed by atoms with Gasteiger partial charge in [0.05, 0.1) is 19.3 Å². The molecule has 0 aromatic heterocycles. The normalized spacial score (nSPS) is 12.0. The van der Waals surface area contributed by atoms with E-state index in [4.69, 9.17) is 4.74 Å². The summed E-state index contributed by atoms with van der Waals surface area (Å²) in [5, 5.41) is 12.5. The van der Waals surface area contributed by atoms with E-state index < -0.39 is 6.10 Å². The van der Waals surface area contributed by atoms with Crippen LogP contribution in [0.15, 0.2) is 24.3 Å². The molecule has 1 aromatic rings. The van der Waals surface area contributed by atoms with Gasteiger partial charge in [-0.3, -0.25) is 4.79 Å². The molecule has 2 N–H and O–H groups in total. The van der Waals surface area contributed by atoms with Crippen molar-refractivity contribution in [3.05, 3.63) is 29.8 Å². The number of ether oxygens (including phenoxy) is 1. The van der Waals surface area contributed by atoms with Crippen molar-refractivity contribution in [3.63, 3.8) is 0 Å². The van der Waals surface area contributed by atoms with Crippen molar-refractivity contribution >= 4 is 11.6 Å². The summed E-state index contributed by atoms with van der Waals surface area (Å²) in [7, 11) is 3.46. The molecule has 1 aromatic carbocycles. The molecule has 0 bridgehead atoms. The van der Waals surface area contributed by atoms with E-state index in [1.165, 1.54) is 0 Å². The predicted octanol–water partition coefficient (Wildman–Crippen LogP) is 1.33. The molecule has 0 aliphatic rings. The second-order valence-corrected chi connectivity index (χ2v) is 4.71. The molecule has 1 amide bonds. The average molecular weight is 280 g/mol. The van der Waals surface area contributed by atoms with Gasteiger partial charge in [-0.25, -0.2) is 0 Å². The highest BCUT2D eigenvalue weighted by Gasteiger charge is 2.08. The van der Waals surface area contributed by atoms with Gasteiger partial charge in [-0.15, -0.1) is 0 Å². The SMILES string of the molecule is CCC(O)c1ccc(N(C)CC(=O)NCCOC)cc1. The third-order valence-electron chi connectivity index (χ3n) is 3.11. The summed E-state index contributed by atoms with van der Waals surface area (Å²) in [6, 6.07) is 7.61. The van der Waals surface area contributed by atoms with E-state index in [2.05, 4.69) is 5.32 Å². The number of carbonyl (C=O) groups is 1. The Hall–Kier alpha value is -1.59. The number of hydrogen-bond acceptors (Lipinski definition) is 4. The zero-order chi connectivity index (χ0) is 15.0. The van der Waals surface area contributed by atoms with Crippen molar-refractivity contribution in [3.8, 4) is 0 Å². The molecule has 0 spiro atoms. The fourth-order valence-electron chi connectivity index (χ4n) is 1.84. The number of methoxy groups -OCH3 is 1. The summed E-state index contributed by atoms with van der Waals surface area (Å²) in [5.41, 5.74) is 1.84. The number of amides is 1. The van der Waals surface area contributed by atoms with E-state index in [0.29, 0.717) is 26.1 Å². The van der Waals surface area contributed by atoms with E-state index in [-0.39, 0.29) is 5.91 Å². The minimum Gasteiger partial charge on any atom is -0.388 e. The molecule has 1 rings (SSSR count). The second kappa shape index (κ2) is 8.55. The lowest BCUT2D eigenvalue weighted by atomic mass is 10.1. The molecular formula is C15H24N2O3. The molecular weight excluding hydrogens is 256 g/mol. The Morgan fingerprint density at radius 2 is 2.05 bits per heavy atom. The number of rotatable bonds is 8. The van der Waals surface area contributed by atoms with Crippen LogP contribution in [-0.4, -0.2) is 44.9 Å². The number of aliphatic hydroxyl groups excluding tert-OH is 1. The van der Waals surface area contributed by atoms with E-state index in [1.54, 1.807) is 7.11 Å². The van der Waals surface area contributed by atoms with Crippen molar-refractivity contribution in [1.82, 2.24) is 5.32 Å². The maximum absolute atomic E-state index is 11.7. The van der Waals surface area contributed by atoms with Crippen LogP contribution in [0.4, 0.5) is 5.69 Å². The van der Waals surface area contributed by atoms with Crippen molar-refractivity contribution in [2.24, 2.45) is 0 Å². The molecule has 0 aliphatic carbocycles. The first-order valence-electron chi connectivity index (χ1n) is 6.83. The van der Waals surface area contributed by atoms with Crippen LogP contribution in [0.2, 0.25) is 0 Å². The summed E-state index contributed by atoms with van der Waals surface area (Å²) >= 11 is 0. The number of benzene rings is 1. The van der Waals surface area contributed by atoms with Crippen molar-refractivity contribution in [2.75, 3.05) is 38.8 Å². The highest BCUT2D eigenvalue weighted by molar-refractivity contribution is 5.81. The smallest absolute Gasteiger partial charge is 0.239 e. The summed E-state index contributed by atoms with van der Waals surface area (Å²) < 4.78 is 4.88. The standard InChI is InChI=1S/C15H24N2O3/c1-4-14(18)12-5-7-13(8-6-12)17(2)11-15(19)16-9-10-20-3/h5-8,14,18H,4,9-11H2,1-3H3,(H,16,19). The Morgan fingerprint density at radius 3 is 2.60 bits per heavy atom. The molecule has 20 heavy (non-hydrogen) atoms. The molecule has 0 radical (unpaired) electrons. The first kappa shape index (κ1) is 16.5. The maximum Gasteiger partial charge on any atom is 0.239 e. The first-order valence-corrected chi connectivity index (χ1v) is 6.83. The van der Waals surface area contributed by atoms with Crippen LogP contribution in [0.5, 0.6) is 0 Å². The van der Waals surface area contributed by atoms with Gasteiger partial charge in [-0.05, 0) is 24.1 Å². The first-order chi connectivity index (χ1) is 9.58. The van der Waals surface area contributed by atoms with Gasteiger partial charge in [0.1, 0.15) is 0 Å². The van der Waals surface area contributed by atoms with Crippen LogP contribution in [0.3, 0.4) is 0 Å². The van der Waals surface area contributed by atoms with Gasteiger partial charge in [0.2, 0.25) is 5.91 Å². The molecule has 0 aliphatic heterocycles. The lowest BCUT2D eigenvalue weighted by molar-refractivity contribution is -0.119. The van der Waals surface area contributed by atoms with E-state index in [0.717, 1.165) is 11.3 Å². The van der Waals surface area contributed by atoms with Crippen LogP contribution in [-0.2, 0) is 9.53 Å².